The number of hydrogen-bond donors (Lipinski definition) is 0. The second-order valence-corrected chi connectivity index (χ2v) is 5.40. The predicted octanol–water partition coefficient (Wildman–Crippen LogP) is 2.12. The van der Waals surface area contributed by atoms with E-state index in [1.165, 1.54) is 11.2 Å². The molecule has 102 valence electrons. The summed E-state index contributed by atoms with van der Waals surface area (Å²) >= 11 is 0. The average Bonchev–Trinajstić information content (AvgIpc) is 2.77. The van der Waals surface area contributed by atoms with Gasteiger partial charge >= 0.3 is 6.09 Å². The van der Waals surface area contributed by atoms with Crippen LogP contribution in [0.3, 0.4) is 0 Å². The summed E-state index contributed by atoms with van der Waals surface area (Å²) in [5.74, 6) is -0.0964. The summed E-state index contributed by atoms with van der Waals surface area (Å²) in [6, 6.07) is -0.548. The number of rotatable bonds is 3. The minimum atomic E-state index is -0.566. The molecule has 0 saturated heterocycles. The normalized spacial score (nSPS) is 16.6. The number of ketones is 1. The highest BCUT2D eigenvalue weighted by molar-refractivity contribution is 6.00. The first-order valence-electron chi connectivity index (χ1n) is 6.03. The van der Waals surface area contributed by atoms with Gasteiger partial charge in [-0.3, -0.25) is 4.79 Å². The van der Waals surface area contributed by atoms with Crippen LogP contribution in [0.15, 0.2) is 11.8 Å². The van der Waals surface area contributed by atoms with Crippen LogP contribution in [0.4, 0.5) is 4.79 Å². The first kappa shape index (κ1) is 14.5. The maximum Gasteiger partial charge on any atom is 0.410 e. The van der Waals surface area contributed by atoms with Crippen LogP contribution in [0.5, 0.6) is 0 Å². The Kier molecular flexibility index (Phi) is 4.38. The molecule has 1 rings (SSSR count). The van der Waals surface area contributed by atoms with Crippen LogP contribution in [-0.4, -0.2) is 42.1 Å². The molecule has 0 unspecified atom stereocenters. The smallest absolute Gasteiger partial charge is 0.410 e. The van der Waals surface area contributed by atoms with E-state index in [4.69, 9.17) is 9.47 Å². The van der Waals surface area contributed by atoms with E-state index >= 15 is 0 Å². The van der Waals surface area contributed by atoms with E-state index in [1.54, 1.807) is 34.7 Å². The molecule has 0 aromatic carbocycles. The van der Waals surface area contributed by atoms with Gasteiger partial charge in [0.2, 0.25) is 0 Å². The van der Waals surface area contributed by atoms with Crippen LogP contribution < -0.4 is 0 Å². The lowest BCUT2D eigenvalue weighted by Crippen LogP contribution is -2.43. The summed E-state index contributed by atoms with van der Waals surface area (Å²) in [6.07, 6.45) is 1.58. The molecule has 0 spiro atoms. The molecule has 0 N–H and O–H groups in total. The molecule has 1 heterocycles. The van der Waals surface area contributed by atoms with E-state index in [0.29, 0.717) is 18.6 Å². The summed E-state index contributed by atoms with van der Waals surface area (Å²) in [5, 5.41) is 0. The third-order valence-corrected chi connectivity index (χ3v) is 2.67. The van der Waals surface area contributed by atoms with Gasteiger partial charge in [0, 0.05) is 19.0 Å². The Balaban J connectivity index is 2.63. The van der Waals surface area contributed by atoms with Gasteiger partial charge < -0.3 is 14.4 Å². The van der Waals surface area contributed by atoms with Gasteiger partial charge in [0.1, 0.15) is 5.60 Å². The fraction of sp³-hybridized carbons (Fsp3) is 0.692. The molecule has 1 aliphatic heterocycles. The zero-order chi connectivity index (χ0) is 13.9. The zero-order valence-corrected chi connectivity index (χ0v) is 11.6. The van der Waals surface area contributed by atoms with Crippen molar-refractivity contribution in [3.63, 3.8) is 0 Å². The van der Waals surface area contributed by atoms with Crippen LogP contribution >= 0.6 is 0 Å². The maximum atomic E-state index is 12.1. The molecule has 5 heteroatoms. The number of carbonyl (C=O) groups is 2. The number of nitrogens with zero attached hydrogens (tertiary/aromatic N) is 1. The van der Waals surface area contributed by atoms with Gasteiger partial charge in [-0.15, -0.1) is 0 Å². The number of likely N-dealkylation sites (N-methyl/N-ethyl adjacent to an activating group) is 1. The molecule has 18 heavy (non-hydrogen) atoms. The lowest BCUT2D eigenvalue weighted by molar-refractivity contribution is -0.119. The second kappa shape index (κ2) is 5.42. The van der Waals surface area contributed by atoms with Crippen molar-refractivity contribution in [3.05, 3.63) is 11.8 Å². The highest BCUT2D eigenvalue weighted by atomic mass is 16.6. The van der Waals surface area contributed by atoms with Crippen molar-refractivity contribution in [1.29, 1.82) is 0 Å². The second-order valence-electron chi connectivity index (χ2n) is 5.40. The Labute approximate surface area is 108 Å². The summed E-state index contributed by atoms with van der Waals surface area (Å²) in [7, 11) is 1.56. The van der Waals surface area contributed by atoms with Crippen LogP contribution in [0.1, 0.15) is 34.1 Å². The highest BCUT2D eigenvalue weighted by Gasteiger charge is 2.29. The Hall–Kier alpha value is -1.52. The van der Waals surface area contributed by atoms with Crippen LogP contribution in [0.25, 0.3) is 0 Å². The average molecular weight is 255 g/mol. The molecule has 1 atom stereocenters. The van der Waals surface area contributed by atoms with Gasteiger partial charge in [-0.1, -0.05) is 0 Å². The molecule has 0 fully saturated rings. The van der Waals surface area contributed by atoms with Gasteiger partial charge in [0.15, 0.2) is 5.78 Å². The number of carbonyl (C=O) groups excluding carboxylic acids is 2. The molecular formula is C13H21NO4. The van der Waals surface area contributed by atoms with Gasteiger partial charge in [-0.05, 0) is 27.7 Å². The minimum Gasteiger partial charge on any atom is -0.500 e. The van der Waals surface area contributed by atoms with Gasteiger partial charge in [-0.25, -0.2) is 4.79 Å². The first-order valence-corrected chi connectivity index (χ1v) is 6.03. The fourth-order valence-corrected chi connectivity index (χ4v) is 1.50. The van der Waals surface area contributed by atoms with Crippen molar-refractivity contribution in [2.75, 3.05) is 13.7 Å². The third-order valence-electron chi connectivity index (χ3n) is 2.67. The lowest BCUT2D eigenvalue weighted by Gasteiger charge is -2.28. The Morgan fingerprint density at radius 2 is 2.06 bits per heavy atom. The molecule has 5 nitrogen and oxygen atoms in total. The van der Waals surface area contributed by atoms with Crippen molar-refractivity contribution < 1.29 is 19.1 Å². The lowest BCUT2D eigenvalue weighted by atomic mass is 10.0. The Morgan fingerprint density at radius 3 is 2.50 bits per heavy atom. The number of ether oxygens (including phenoxy) is 2. The molecule has 0 aromatic heterocycles. The summed E-state index contributed by atoms with van der Waals surface area (Å²) < 4.78 is 10.2. The molecule has 0 aromatic rings. The standard InChI is InChI=1S/C13H21NO4/c1-9(11(15)10-6-7-17-8-10)14(5)12(16)18-13(2,3)4/h8-9H,6-7H2,1-5H3/t9-/m0/s1. The van der Waals surface area contributed by atoms with Crippen molar-refractivity contribution in [1.82, 2.24) is 4.90 Å². The van der Waals surface area contributed by atoms with E-state index in [1.807, 2.05) is 0 Å². The van der Waals surface area contributed by atoms with E-state index < -0.39 is 17.7 Å². The maximum absolute atomic E-state index is 12.1. The quantitative estimate of drug-likeness (QED) is 0.775. The van der Waals surface area contributed by atoms with Crippen molar-refractivity contribution in [3.8, 4) is 0 Å². The SMILES string of the molecule is C[C@@H](C(=O)C1=COCC1)N(C)C(=O)OC(C)(C)C. The minimum absolute atomic E-state index is 0.0964. The zero-order valence-electron chi connectivity index (χ0n) is 11.6. The van der Waals surface area contributed by atoms with Crippen molar-refractivity contribution in [2.24, 2.45) is 0 Å². The Bertz CT molecular complexity index is 368. The van der Waals surface area contributed by atoms with E-state index in [0.717, 1.165) is 0 Å². The number of amides is 1. The van der Waals surface area contributed by atoms with Gasteiger partial charge in [0.25, 0.3) is 0 Å². The molecule has 0 bridgehead atoms. The van der Waals surface area contributed by atoms with Crippen LogP contribution in [0.2, 0.25) is 0 Å². The predicted molar refractivity (Wildman–Crippen MR) is 67.1 cm³/mol. The topological polar surface area (TPSA) is 55.8 Å². The molecule has 0 saturated carbocycles. The number of Topliss-reactive ketones (excluding diaryl/α,β-unsaturated/α-hetero) is 1. The van der Waals surface area contributed by atoms with E-state index in [2.05, 4.69) is 0 Å². The summed E-state index contributed by atoms with van der Waals surface area (Å²) in [5.41, 5.74) is 0.0574. The van der Waals surface area contributed by atoms with Crippen LogP contribution in [0, 0.1) is 0 Å². The number of hydrogen-bond acceptors (Lipinski definition) is 4. The van der Waals surface area contributed by atoms with Gasteiger partial charge in [0.05, 0.1) is 18.9 Å². The van der Waals surface area contributed by atoms with Crippen molar-refractivity contribution in [2.45, 2.75) is 45.8 Å². The molecule has 1 amide bonds. The largest absolute Gasteiger partial charge is 0.500 e. The monoisotopic (exact) mass is 255 g/mol. The Morgan fingerprint density at radius 1 is 1.44 bits per heavy atom. The molecule has 0 radical (unpaired) electrons. The van der Waals surface area contributed by atoms with Crippen molar-refractivity contribution >= 4 is 11.9 Å². The molecular weight excluding hydrogens is 234 g/mol. The fourth-order valence-electron chi connectivity index (χ4n) is 1.50. The molecule has 1 aliphatic rings. The van der Waals surface area contributed by atoms with E-state index in [9.17, 15) is 9.59 Å². The highest BCUT2D eigenvalue weighted by Crippen LogP contribution is 2.17. The van der Waals surface area contributed by atoms with E-state index in [-0.39, 0.29) is 5.78 Å². The van der Waals surface area contributed by atoms with Crippen LogP contribution in [-0.2, 0) is 14.3 Å². The van der Waals surface area contributed by atoms with Gasteiger partial charge in [-0.2, -0.15) is 0 Å². The summed E-state index contributed by atoms with van der Waals surface area (Å²) in [4.78, 5) is 25.2. The first-order chi connectivity index (χ1) is 8.22. The third kappa shape index (κ3) is 3.75. The summed E-state index contributed by atoms with van der Waals surface area (Å²) in [6.45, 7) is 7.59. The molecule has 0 aliphatic carbocycles.